The largest absolute Gasteiger partial charge is 0.489 e. The van der Waals surface area contributed by atoms with Crippen LogP contribution in [0, 0.1) is 13.8 Å². The van der Waals surface area contributed by atoms with Gasteiger partial charge >= 0.3 is 0 Å². The molecule has 1 unspecified atom stereocenters. The van der Waals surface area contributed by atoms with Crippen molar-refractivity contribution < 1.29 is 4.74 Å². The first-order valence-corrected chi connectivity index (χ1v) is 6.38. The summed E-state index contributed by atoms with van der Waals surface area (Å²) in [6.45, 7) is 6.28. The Morgan fingerprint density at radius 1 is 1.17 bits per heavy atom. The van der Waals surface area contributed by atoms with Gasteiger partial charge in [-0.3, -0.25) is 4.98 Å². The van der Waals surface area contributed by atoms with Crippen molar-refractivity contribution in [1.29, 1.82) is 0 Å². The Balaban J connectivity index is 2.18. The van der Waals surface area contributed by atoms with Crippen LogP contribution in [0.15, 0.2) is 30.3 Å². The maximum atomic E-state index is 5.97. The number of hydrogen-bond acceptors (Lipinski definition) is 2. The van der Waals surface area contributed by atoms with Crippen molar-refractivity contribution in [2.45, 2.75) is 33.3 Å². The van der Waals surface area contributed by atoms with Crippen LogP contribution in [0.5, 0.6) is 5.75 Å². The molecule has 2 heteroatoms. The summed E-state index contributed by atoms with van der Waals surface area (Å²) in [7, 11) is 0. The molecule has 0 spiro atoms. The molecule has 0 N–H and O–H groups in total. The van der Waals surface area contributed by atoms with E-state index < -0.39 is 0 Å². The molecule has 0 amide bonds. The zero-order chi connectivity index (χ0) is 12.7. The van der Waals surface area contributed by atoms with E-state index in [1.807, 2.05) is 25.1 Å². The van der Waals surface area contributed by atoms with E-state index in [9.17, 15) is 0 Å². The van der Waals surface area contributed by atoms with Crippen LogP contribution in [-0.4, -0.2) is 11.1 Å². The fourth-order valence-corrected chi connectivity index (χ4v) is 2.54. The highest BCUT2D eigenvalue weighted by atomic mass is 16.5. The summed E-state index contributed by atoms with van der Waals surface area (Å²) in [6.07, 6.45) is 1.27. The van der Waals surface area contributed by atoms with Crippen LogP contribution < -0.4 is 4.74 Å². The van der Waals surface area contributed by atoms with Crippen molar-refractivity contribution in [3.8, 4) is 17.0 Å². The van der Waals surface area contributed by atoms with E-state index in [0.29, 0.717) is 0 Å². The lowest BCUT2D eigenvalue weighted by Crippen LogP contribution is -2.05. The lowest BCUT2D eigenvalue weighted by atomic mass is 9.99. The molecule has 2 heterocycles. The van der Waals surface area contributed by atoms with Gasteiger partial charge in [0.05, 0.1) is 5.69 Å². The summed E-state index contributed by atoms with van der Waals surface area (Å²) in [4.78, 5) is 4.60. The molecule has 1 aromatic carbocycles. The van der Waals surface area contributed by atoms with Gasteiger partial charge in [-0.15, -0.1) is 0 Å². The maximum Gasteiger partial charge on any atom is 0.132 e. The summed E-state index contributed by atoms with van der Waals surface area (Å²) in [5.41, 5.74) is 5.80. The average molecular weight is 239 g/mol. The fourth-order valence-electron chi connectivity index (χ4n) is 2.54. The van der Waals surface area contributed by atoms with Gasteiger partial charge in [0.2, 0.25) is 0 Å². The minimum absolute atomic E-state index is 0.268. The van der Waals surface area contributed by atoms with Crippen molar-refractivity contribution in [2.75, 3.05) is 0 Å². The van der Waals surface area contributed by atoms with Gasteiger partial charge in [0.1, 0.15) is 11.9 Å². The van der Waals surface area contributed by atoms with Crippen molar-refractivity contribution in [2.24, 2.45) is 0 Å². The van der Waals surface area contributed by atoms with E-state index in [1.165, 1.54) is 11.1 Å². The van der Waals surface area contributed by atoms with Crippen molar-refractivity contribution >= 4 is 0 Å². The van der Waals surface area contributed by atoms with Crippen molar-refractivity contribution in [1.82, 2.24) is 4.98 Å². The molecule has 2 nitrogen and oxygen atoms in total. The smallest absolute Gasteiger partial charge is 0.132 e. The van der Waals surface area contributed by atoms with Crippen LogP contribution in [0.3, 0.4) is 0 Å². The van der Waals surface area contributed by atoms with Gasteiger partial charge in [-0.05, 0) is 44.5 Å². The average Bonchev–Trinajstić information content (AvgIpc) is 2.72. The Labute approximate surface area is 108 Å². The molecule has 1 aliphatic heterocycles. The van der Waals surface area contributed by atoms with E-state index in [0.717, 1.165) is 29.1 Å². The molecule has 0 radical (unpaired) electrons. The molecule has 0 aliphatic carbocycles. The second-order valence-electron chi connectivity index (χ2n) is 5.03. The van der Waals surface area contributed by atoms with Crippen molar-refractivity contribution in [3.05, 3.63) is 47.2 Å². The molecule has 2 aromatic rings. The van der Waals surface area contributed by atoms with Crippen LogP contribution in [0.25, 0.3) is 11.3 Å². The molecule has 0 fully saturated rings. The van der Waals surface area contributed by atoms with Gasteiger partial charge < -0.3 is 4.74 Å². The lowest BCUT2D eigenvalue weighted by Gasteiger charge is -2.10. The summed E-state index contributed by atoms with van der Waals surface area (Å²) < 4.78 is 5.97. The Morgan fingerprint density at radius 3 is 2.78 bits per heavy atom. The second-order valence-corrected chi connectivity index (χ2v) is 5.03. The molecule has 92 valence electrons. The number of nitrogens with zero attached hydrogens (tertiary/aromatic N) is 1. The predicted octanol–water partition coefficient (Wildman–Crippen LogP) is 3.69. The van der Waals surface area contributed by atoms with Gasteiger partial charge in [-0.25, -0.2) is 0 Å². The first-order valence-electron chi connectivity index (χ1n) is 6.38. The van der Waals surface area contributed by atoms with E-state index in [2.05, 4.69) is 31.0 Å². The number of pyridine rings is 1. The Kier molecular flexibility index (Phi) is 2.58. The van der Waals surface area contributed by atoms with Gasteiger partial charge in [0, 0.05) is 23.2 Å². The summed E-state index contributed by atoms with van der Waals surface area (Å²) in [5, 5.41) is 0. The number of benzene rings is 1. The number of aromatic nitrogens is 1. The van der Waals surface area contributed by atoms with Gasteiger partial charge in [-0.1, -0.05) is 12.1 Å². The molecule has 0 bridgehead atoms. The summed E-state index contributed by atoms with van der Waals surface area (Å²) in [6, 6.07) is 10.4. The maximum absolute atomic E-state index is 5.97. The lowest BCUT2D eigenvalue weighted by molar-refractivity contribution is 0.255. The SMILES string of the molecule is Cc1cccc(-c2ccc(C)c3c2OC(C)C3)n1. The molecular weight excluding hydrogens is 222 g/mol. The quantitative estimate of drug-likeness (QED) is 0.757. The molecule has 0 saturated heterocycles. The summed E-state index contributed by atoms with van der Waals surface area (Å²) in [5.74, 6) is 1.03. The minimum atomic E-state index is 0.268. The predicted molar refractivity (Wildman–Crippen MR) is 72.9 cm³/mol. The first-order chi connectivity index (χ1) is 8.65. The second kappa shape index (κ2) is 4.13. The standard InChI is InChI=1S/C16H17NO/c1-10-7-8-13(15-6-4-5-11(2)17-15)16-14(10)9-12(3)18-16/h4-8,12H,9H2,1-3H3. The zero-order valence-corrected chi connectivity index (χ0v) is 11.0. The highest BCUT2D eigenvalue weighted by molar-refractivity contribution is 5.71. The molecular formula is C16H17NO. The molecule has 0 saturated carbocycles. The van der Waals surface area contributed by atoms with Crippen molar-refractivity contribution in [3.63, 3.8) is 0 Å². The third kappa shape index (κ3) is 1.78. The monoisotopic (exact) mass is 239 g/mol. The minimum Gasteiger partial charge on any atom is -0.489 e. The van der Waals surface area contributed by atoms with E-state index in [-0.39, 0.29) is 6.10 Å². The Bertz CT molecular complexity index is 604. The third-order valence-electron chi connectivity index (χ3n) is 3.47. The van der Waals surface area contributed by atoms with Crippen LogP contribution in [0.4, 0.5) is 0 Å². The molecule has 1 aromatic heterocycles. The summed E-state index contributed by atoms with van der Waals surface area (Å²) >= 11 is 0. The van der Waals surface area contributed by atoms with Crippen LogP contribution in [0.1, 0.15) is 23.7 Å². The van der Waals surface area contributed by atoms with E-state index in [4.69, 9.17) is 4.74 Å². The Morgan fingerprint density at radius 2 is 2.00 bits per heavy atom. The molecule has 1 atom stereocenters. The third-order valence-corrected chi connectivity index (χ3v) is 3.47. The highest BCUT2D eigenvalue weighted by Gasteiger charge is 2.24. The van der Waals surface area contributed by atoms with Gasteiger partial charge in [0.15, 0.2) is 0 Å². The van der Waals surface area contributed by atoms with E-state index in [1.54, 1.807) is 0 Å². The molecule has 1 aliphatic rings. The van der Waals surface area contributed by atoms with E-state index >= 15 is 0 Å². The normalized spacial score (nSPS) is 17.4. The number of fused-ring (bicyclic) bond motifs is 1. The fraction of sp³-hybridized carbons (Fsp3) is 0.312. The topological polar surface area (TPSA) is 22.1 Å². The molecule has 3 rings (SSSR count). The number of aryl methyl sites for hydroxylation is 2. The first kappa shape index (κ1) is 11.3. The van der Waals surface area contributed by atoms with Crippen LogP contribution in [0.2, 0.25) is 0 Å². The zero-order valence-electron chi connectivity index (χ0n) is 11.0. The number of ether oxygens (including phenoxy) is 1. The Hall–Kier alpha value is -1.83. The van der Waals surface area contributed by atoms with Gasteiger partial charge in [0.25, 0.3) is 0 Å². The number of hydrogen-bond donors (Lipinski definition) is 0. The number of rotatable bonds is 1. The van der Waals surface area contributed by atoms with Crippen LogP contribution >= 0.6 is 0 Å². The van der Waals surface area contributed by atoms with Gasteiger partial charge in [-0.2, -0.15) is 0 Å². The highest BCUT2D eigenvalue weighted by Crippen LogP contribution is 2.39. The van der Waals surface area contributed by atoms with Crippen LogP contribution in [-0.2, 0) is 6.42 Å². The molecule has 18 heavy (non-hydrogen) atoms.